The van der Waals surface area contributed by atoms with Gasteiger partial charge in [-0.05, 0) is 60.2 Å². The van der Waals surface area contributed by atoms with Gasteiger partial charge in [-0.25, -0.2) is 9.97 Å². The van der Waals surface area contributed by atoms with E-state index in [4.69, 9.17) is 21.1 Å². The Balaban J connectivity index is 1.44. The summed E-state index contributed by atoms with van der Waals surface area (Å²) in [5, 5.41) is 20.4. The van der Waals surface area contributed by atoms with E-state index in [-0.39, 0.29) is 12.6 Å². The van der Waals surface area contributed by atoms with Crippen molar-refractivity contribution in [2.24, 2.45) is 5.92 Å². The van der Waals surface area contributed by atoms with Crippen LogP contribution in [0.5, 0.6) is 11.5 Å². The minimum Gasteiger partial charge on any atom is -0.490 e. The maximum Gasteiger partial charge on any atom is 0.239 e. The maximum atomic E-state index is 9.86. The van der Waals surface area contributed by atoms with Crippen molar-refractivity contribution in [1.82, 2.24) is 15.1 Å². The van der Waals surface area contributed by atoms with E-state index in [0.717, 1.165) is 16.3 Å². The number of nitrogens with one attached hydrogen (secondary N) is 1. The number of nitriles is 1. The molecule has 200 valence electrons. The Kier molecular flexibility index (Phi) is 9.05. The number of aromatic nitrogens is 2. The monoisotopic (exact) mass is 535 g/mol. The van der Waals surface area contributed by atoms with Crippen molar-refractivity contribution in [3.05, 3.63) is 76.1 Å². The van der Waals surface area contributed by atoms with Crippen LogP contribution in [-0.2, 0) is 12.0 Å². The lowest BCUT2D eigenvalue weighted by atomic mass is 9.77. The summed E-state index contributed by atoms with van der Waals surface area (Å²) in [6, 6.07) is 15.7. The average molecular weight is 536 g/mol. The summed E-state index contributed by atoms with van der Waals surface area (Å²) in [5.41, 5.74) is 5.31. The molecule has 0 unspecified atom stereocenters. The van der Waals surface area contributed by atoms with Crippen molar-refractivity contribution >= 4 is 17.5 Å². The van der Waals surface area contributed by atoms with Crippen LogP contribution in [0.1, 0.15) is 68.3 Å². The molecule has 0 atom stereocenters. The van der Waals surface area contributed by atoms with Crippen LogP contribution in [0.25, 0.3) is 0 Å². The highest BCUT2D eigenvalue weighted by molar-refractivity contribution is 6.32. The molecule has 1 aliphatic carbocycles. The minimum absolute atomic E-state index is 0.249. The van der Waals surface area contributed by atoms with Crippen molar-refractivity contribution in [3.63, 3.8) is 0 Å². The SMILES string of the molecule is CN(O)Nc1nccc(COc2ccc(C(C)(C)c3cc(Cl)c(OCC4CCCCC4)c(C#N)c3)cc2)n1. The van der Waals surface area contributed by atoms with Gasteiger partial charge in [0.05, 0.1) is 22.9 Å². The first-order valence-electron chi connectivity index (χ1n) is 12.9. The van der Waals surface area contributed by atoms with Crippen molar-refractivity contribution in [2.45, 2.75) is 58.0 Å². The van der Waals surface area contributed by atoms with Crippen molar-refractivity contribution in [3.8, 4) is 17.6 Å². The van der Waals surface area contributed by atoms with E-state index in [9.17, 15) is 10.5 Å². The van der Waals surface area contributed by atoms with E-state index in [1.807, 2.05) is 36.4 Å². The molecule has 2 aromatic carbocycles. The van der Waals surface area contributed by atoms with Crippen LogP contribution in [0.4, 0.5) is 5.95 Å². The molecule has 1 aromatic heterocycles. The van der Waals surface area contributed by atoms with E-state index in [1.54, 1.807) is 12.3 Å². The Hall–Kier alpha value is -3.38. The summed E-state index contributed by atoms with van der Waals surface area (Å²) in [6.45, 7) is 5.06. The molecule has 1 saturated carbocycles. The third kappa shape index (κ3) is 6.93. The largest absolute Gasteiger partial charge is 0.490 e. The quantitative estimate of drug-likeness (QED) is 0.283. The average Bonchev–Trinajstić information content (AvgIpc) is 2.91. The van der Waals surface area contributed by atoms with Gasteiger partial charge in [0.1, 0.15) is 18.4 Å². The lowest BCUT2D eigenvalue weighted by Crippen LogP contribution is -2.22. The molecule has 0 aliphatic heterocycles. The third-order valence-corrected chi connectivity index (χ3v) is 7.29. The number of halogens is 1. The fourth-order valence-electron chi connectivity index (χ4n) is 4.71. The summed E-state index contributed by atoms with van der Waals surface area (Å²) < 4.78 is 12.0. The zero-order chi connectivity index (χ0) is 27.1. The first-order chi connectivity index (χ1) is 18.3. The Labute approximate surface area is 229 Å². The van der Waals surface area contributed by atoms with Crippen LogP contribution < -0.4 is 14.9 Å². The number of hydroxylamine groups is 1. The summed E-state index contributed by atoms with van der Waals surface area (Å²) in [7, 11) is 1.44. The molecule has 2 N–H and O–H groups in total. The lowest BCUT2D eigenvalue weighted by molar-refractivity contribution is -0.0394. The Morgan fingerprint density at radius 1 is 1.11 bits per heavy atom. The van der Waals surface area contributed by atoms with E-state index in [0.29, 0.717) is 40.3 Å². The molecule has 8 nitrogen and oxygen atoms in total. The predicted octanol–water partition coefficient (Wildman–Crippen LogP) is 6.51. The summed E-state index contributed by atoms with van der Waals surface area (Å²) >= 11 is 6.66. The van der Waals surface area contributed by atoms with Gasteiger partial charge in [0, 0.05) is 18.7 Å². The standard InChI is InChI=1S/C29H34ClN5O3/c1-29(2,23-15-21(17-31)27(26(30)16-23)38-18-20-7-5-4-6-8-20)22-9-11-25(12-10-22)37-19-24-13-14-32-28(33-24)34-35(3)36/h9-16,20,36H,4-8,18-19H2,1-3H3,(H,32,33,34). The number of benzene rings is 2. The molecule has 1 fully saturated rings. The zero-order valence-corrected chi connectivity index (χ0v) is 22.8. The van der Waals surface area contributed by atoms with Gasteiger partial charge >= 0.3 is 0 Å². The predicted molar refractivity (Wildman–Crippen MR) is 146 cm³/mol. The molecule has 1 heterocycles. The first-order valence-corrected chi connectivity index (χ1v) is 13.3. The molecule has 0 spiro atoms. The molecule has 4 rings (SSSR count). The van der Waals surface area contributed by atoms with Crippen molar-refractivity contribution < 1.29 is 14.7 Å². The smallest absolute Gasteiger partial charge is 0.239 e. The van der Waals surface area contributed by atoms with E-state index >= 15 is 0 Å². The highest BCUT2D eigenvalue weighted by atomic mass is 35.5. The second-order valence-corrected chi connectivity index (χ2v) is 10.6. The number of ether oxygens (including phenoxy) is 2. The highest BCUT2D eigenvalue weighted by Gasteiger charge is 2.26. The number of rotatable bonds is 10. The second kappa shape index (κ2) is 12.4. The van der Waals surface area contributed by atoms with Crippen LogP contribution in [0, 0.1) is 17.2 Å². The number of hydrogen-bond donors (Lipinski definition) is 2. The molecule has 0 amide bonds. The van der Waals surface area contributed by atoms with Gasteiger partial charge in [-0.15, -0.1) is 5.17 Å². The topological polar surface area (TPSA) is 104 Å². The molecular formula is C29H34ClN5O3. The van der Waals surface area contributed by atoms with Crippen molar-refractivity contribution in [2.75, 3.05) is 19.1 Å². The Morgan fingerprint density at radius 3 is 2.53 bits per heavy atom. The molecule has 38 heavy (non-hydrogen) atoms. The number of hydrogen-bond acceptors (Lipinski definition) is 8. The molecular weight excluding hydrogens is 502 g/mol. The van der Waals surface area contributed by atoms with Crippen LogP contribution in [-0.4, -0.2) is 34.0 Å². The summed E-state index contributed by atoms with van der Waals surface area (Å²) in [4.78, 5) is 8.34. The van der Waals surface area contributed by atoms with Crippen molar-refractivity contribution in [1.29, 1.82) is 5.26 Å². The van der Waals surface area contributed by atoms with Gasteiger partial charge in [0.25, 0.3) is 0 Å². The summed E-state index contributed by atoms with van der Waals surface area (Å²) in [6.07, 6.45) is 7.71. The van der Waals surface area contributed by atoms with Gasteiger partial charge in [0.2, 0.25) is 5.95 Å². The normalized spacial score (nSPS) is 14.2. The van der Waals surface area contributed by atoms with Crippen LogP contribution in [0.3, 0.4) is 0 Å². The molecule has 9 heteroatoms. The first kappa shape index (κ1) is 27.6. The fourth-order valence-corrected chi connectivity index (χ4v) is 4.98. The maximum absolute atomic E-state index is 9.86. The molecule has 0 saturated heterocycles. The minimum atomic E-state index is -0.404. The number of hydrazine groups is 1. The van der Waals surface area contributed by atoms with Gasteiger partial charge in [-0.3, -0.25) is 10.6 Å². The number of nitrogens with zero attached hydrogens (tertiary/aromatic N) is 4. The van der Waals surface area contributed by atoms with Crippen LogP contribution in [0.2, 0.25) is 5.02 Å². The number of anilines is 1. The molecule has 1 aliphatic rings. The Bertz CT molecular complexity index is 1270. The fraction of sp³-hybridized carbons (Fsp3) is 0.414. The molecule has 3 aromatic rings. The highest BCUT2D eigenvalue weighted by Crippen LogP contribution is 2.39. The van der Waals surface area contributed by atoms with Gasteiger partial charge in [-0.2, -0.15) is 5.26 Å². The van der Waals surface area contributed by atoms with Gasteiger partial charge in [0.15, 0.2) is 5.75 Å². The van der Waals surface area contributed by atoms with Gasteiger partial charge < -0.3 is 9.47 Å². The lowest BCUT2D eigenvalue weighted by Gasteiger charge is -2.28. The second-order valence-electron chi connectivity index (χ2n) is 10.2. The molecule has 0 bridgehead atoms. The van der Waals surface area contributed by atoms with Crippen LogP contribution in [0.15, 0.2) is 48.7 Å². The van der Waals surface area contributed by atoms with E-state index < -0.39 is 5.41 Å². The Morgan fingerprint density at radius 2 is 1.84 bits per heavy atom. The van der Waals surface area contributed by atoms with E-state index in [1.165, 1.54) is 39.2 Å². The molecule has 0 radical (unpaired) electrons. The zero-order valence-electron chi connectivity index (χ0n) is 22.1. The van der Waals surface area contributed by atoms with Gasteiger partial charge in [-0.1, -0.05) is 56.8 Å². The third-order valence-electron chi connectivity index (χ3n) is 7.01. The summed E-state index contributed by atoms with van der Waals surface area (Å²) in [5.74, 6) is 1.98. The van der Waals surface area contributed by atoms with E-state index in [2.05, 4.69) is 35.3 Å². The van der Waals surface area contributed by atoms with Crippen LogP contribution >= 0.6 is 11.6 Å².